The van der Waals surface area contributed by atoms with Gasteiger partial charge in [0.2, 0.25) is 0 Å². The SMILES string of the molecule is CCCOc1ccc([C@H]2C(C(=O)OCc3ccccc3)=C(C)NC3=C2C(=O)CC(C)(C)C3)cc1OC. The number of methoxy groups -OCH3 is 1. The highest BCUT2D eigenvalue weighted by Crippen LogP contribution is 2.48. The van der Waals surface area contributed by atoms with Crippen molar-refractivity contribution in [2.45, 2.75) is 59.5 Å². The first kappa shape index (κ1) is 25.5. The smallest absolute Gasteiger partial charge is 0.337 e. The molecular weight excluding hydrogens is 454 g/mol. The van der Waals surface area contributed by atoms with Gasteiger partial charge in [-0.2, -0.15) is 0 Å². The molecule has 2 aromatic rings. The Balaban J connectivity index is 1.76. The lowest BCUT2D eigenvalue weighted by Crippen LogP contribution is -2.38. The van der Waals surface area contributed by atoms with Crippen molar-refractivity contribution < 1.29 is 23.8 Å². The number of hydrogen-bond acceptors (Lipinski definition) is 6. The second-order valence-electron chi connectivity index (χ2n) is 10.3. The van der Waals surface area contributed by atoms with Crippen molar-refractivity contribution in [2.24, 2.45) is 5.41 Å². The third-order valence-corrected chi connectivity index (χ3v) is 6.66. The largest absolute Gasteiger partial charge is 0.493 e. The third kappa shape index (κ3) is 5.32. The molecule has 1 atom stereocenters. The van der Waals surface area contributed by atoms with Crippen molar-refractivity contribution in [3.8, 4) is 11.5 Å². The van der Waals surface area contributed by atoms with E-state index >= 15 is 0 Å². The topological polar surface area (TPSA) is 73.9 Å². The lowest BCUT2D eigenvalue weighted by Gasteiger charge is -2.39. The zero-order valence-corrected chi connectivity index (χ0v) is 21.8. The summed E-state index contributed by atoms with van der Waals surface area (Å²) >= 11 is 0. The normalized spacial score (nSPS) is 18.9. The zero-order valence-electron chi connectivity index (χ0n) is 21.8. The average Bonchev–Trinajstić information content (AvgIpc) is 2.85. The molecule has 0 bridgehead atoms. The number of nitrogens with one attached hydrogen (secondary N) is 1. The number of ether oxygens (including phenoxy) is 3. The van der Waals surface area contributed by atoms with Gasteiger partial charge in [0.1, 0.15) is 6.61 Å². The fourth-order valence-corrected chi connectivity index (χ4v) is 5.04. The van der Waals surface area contributed by atoms with E-state index in [1.165, 1.54) is 0 Å². The number of hydrogen-bond donors (Lipinski definition) is 1. The van der Waals surface area contributed by atoms with E-state index in [2.05, 4.69) is 19.2 Å². The maximum Gasteiger partial charge on any atom is 0.337 e. The van der Waals surface area contributed by atoms with Crippen LogP contribution in [0.4, 0.5) is 0 Å². The molecule has 0 saturated heterocycles. The van der Waals surface area contributed by atoms with Crippen molar-refractivity contribution in [1.82, 2.24) is 5.32 Å². The molecule has 1 N–H and O–H groups in total. The monoisotopic (exact) mass is 489 g/mol. The molecule has 1 aliphatic carbocycles. The van der Waals surface area contributed by atoms with Gasteiger partial charge in [-0.15, -0.1) is 0 Å². The van der Waals surface area contributed by atoms with E-state index in [0.717, 1.165) is 29.7 Å². The third-order valence-electron chi connectivity index (χ3n) is 6.66. The molecule has 0 saturated carbocycles. The van der Waals surface area contributed by atoms with Crippen LogP contribution in [-0.4, -0.2) is 25.5 Å². The molecule has 0 radical (unpaired) electrons. The van der Waals surface area contributed by atoms with Crippen molar-refractivity contribution in [2.75, 3.05) is 13.7 Å². The fraction of sp³-hybridized carbons (Fsp3) is 0.400. The van der Waals surface area contributed by atoms with Gasteiger partial charge in [0.05, 0.1) is 19.3 Å². The summed E-state index contributed by atoms with van der Waals surface area (Å²) < 4.78 is 17.2. The summed E-state index contributed by atoms with van der Waals surface area (Å²) in [6.07, 6.45) is 2.02. The molecule has 6 heteroatoms. The van der Waals surface area contributed by atoms with Crippen LogP contribution in [0.3, 0.4) is 0 Å². The molecule has 0 aromatic heterocycles. The quantitative estimate of drug-likeness (QED) is 0.470. The predicted octanol–water partition coefficient (Wildman–Crippen LogP) is 5.83. The summed E-state index contributed by atoms with van der Waals surface area (Å²) in [5.74, 6) is 0.256. The summed E-state index contributed by atoms with van der Waals surface area (Å²) in [5.41, 5.74) is 4.20. The number of carbonyl (C=O) groups is 2. The van der Waals surface area contributed by atoms with E-state index in [1.54, 1.807) is 7.11 Å². The molecule has 190 valence electrons. The van der Waals surface area contributed by atoms with Gasteiger partial charge in [-0.05, 0) is 48.4 Å². The van der Waals surface area contributed by atoms with Crippen LogP contribution in [0.15, 0.2) is 71.1 Å². The molecule has 2 aromatic carbocycles. The van der Waals surface area contributed by atoms with Crippen LogP contribution < -0.4 is 14.8 Å². The molecule has 1 aliphatic heterocycles. The molecule has 0 fully saturated rings. The number of allylic oxidation sites excluding steroid dienone is 3. The number of Topliss-reactive ketones (excluding diaryl/α,β-unsaturated/α-hetero) is 1. The molecule has 6 nitrogen and oxygen atoms in total. The van der Waals surface area contributed by atoms with Crippen molar-refractivity contribution in [3.63, 3.8) is 0 Å². The van der Waals surface area contributed by atoms with E-state index < -0.39 is 11.9 Å². The zero-order chi connectivity index (χ0) is 25.9. The van der Waals surface area contributed by atoms with Crippen LogP contribution in [0.25, 0.3) is 0 Å². The fourth-order valence-electron chi connectivity index (χ4n) is 5.04. The van der Waals surface area contributed by atoms with Gasteiger partial charge in [0.25, 0.3) is 0 Å². The minimum atomic E-state index is -0.553. The van der Waals surface area contributed by atoms with Crippen molar-refractivity contribution >= 4 is 11.8 Å². The van der Waals surface area contributed by atoms with Gasteiger partial charge >= 0.3 is 5.97 Å². The first-order chi connectivity index (χ1) is 17.2. The summed E-state index contributed by atoms with van der Waals surface area (Å²) in [6, 6.07) is 15.2. The minimum Gasteiger partial charge on any atom is -0.493 e. The van der Waals surface area contributed by atoms with E-state index in [0.29, 0.717) is 41.4 Å². The molecule has 4 rings (SSSR count). The summed E-state index contributed by atoms with van der Waals surface area (Å²) in [4.78, 5) is 27.0. The van der Waals surface area contributed by atoms with Crippen LogP contribution in [0.5, 0.6) is 11.5 Å². The Labute approximate surface area is 213 Å². The number of benzene rings is 2. The van der Waals surface area contributed by atoms with E-state index in [9.17, 15) is 9.59 Å². The molecule has 2 aliphatic rings. The van der Waals surface area contributed by atoms with Crippen molar-refractivity contribution in [3.05, 3.63) is 82.2 Å². The molecule has 0 spiro atoms. The maximum absolute atomic E-state index is 13.5. The van der Waals surface area contributed by atoms with E-state index in [4.69, 9.17) is 14.2 Å². The van der Waals surface area contributed by atoms with Gasteiger partial charge < -0.3 is 19.5 Å². The molecule has 36 heavy (non-hydrogen) atoms. The first-order valence-corrected chi connectivity index (χ1v) is 12.5. The highest BCUT2D eigenvalue weighted by molar-refractivity contribution is 6.04. The molecule has 1 heterocycles. The molecule has 0 unspecified atom stereocenters. The van der Waals surface area contributed by atoms with Crippen LogP contribution in [-0.2, 0) is 20.9 Å². The lowest BCUT2D eigenvalue weighted by atomic mass is 9.68. The Morgan fingerprint density at radius 1 is 1.08 bits per heavy atom. The highest BCUT2D eigenvalue weighted by Gasteiger charge is 2.43. The van der Waals surface area contributed by atoms with Crippen molar-refractivity contribution in [1.29, 1.82) is 0 Å². The summed E-state index contributed by atoms with van der Waals surface area (Å²) in [6.45, 7) is 8.83. The minimum absolute atomic E-state index is 0.0462. The van der Waals surface area contributed by atoms with E-state index in [1.807, 2.05) is 62.4 Å². The van der Waals surface area contributed by atoms with Gasteiger partial charge in [-0.1, -0.05) is 57.2 Å². The number of carbonyl (C=O) groups excluding carboxylic acids is 2. The second kappa shape index (κ2) is 10.6. The van der Waals surface area contributed by atoms with Gasteiger partial charge in [0, 0.05) is 29.3 Å². The van der Waals surface area contributed by atoms with Gasteiger partial charge in [-0.25, -0.2) is 4.79 Å². The Kier molecular flexibility index (Phi) is 7.53. The number of rotatable bonds is 8. The number of dihydropyridines is 1. The van der Waals surface area contributed by atoms with Gasteiger partial charge in [0.15, 0.2) is 17.3 Å². The molecular formula is C30H35NO5. The van der Waals surface area contributed by atoms with E-state index in [-0.39, 0.29) is 17.8 Å². The predicted molar refractivity (Wildman–Crippen MR) is 139 cm³/mol. The Morgan fingerprint density at radius 3 is 2.53 bits per heavy atom. The summed E-state index contributed by atoms with van der Waals surface area (Å²) in [5, 5.41) is 3.38. The molecule has 0 amide bonds. The Hall–Kier alpha value is -3.54. The van der Waals surface area contributed by atoms with Gasteiger partial charge in [-0.3, -0.25) is 4.79 Å². The second-order valence-corrected chi connectivity index (χ2v) is 10.3. The summed E-state index contributed by atoms with van der Waals surface area (Å²) in [7, 11) is 1.59. The first-order valence-electron chi connectivity index (χ1n) is 12.5. The number of ketones is 1. The van der Waals surface area contributed by atoms with Crippen LogP contribution in [0, 0.1) is 5.41 Å². The average molecular weight is 490 g/mol. The van der Waals surface area contributed by atoms with Crippen LogP contribution in [0.2, 0.25) is 0 Å². The highest BCUT2D eigenvalue weighted by atomic mass is 16.5. The van der Waals surface area contributed by atoms with Crippen LogP contribution in [0.1, 0.15) is 64.0 Å². The number of esters is 1. The van der Waals surface area contributed by atoms with Crippen LogP contribution >= 0.6 is 0 Å². The Bertz CT molecular complexity index is 1210. The Morgan fingerprint density at radius 2 is 1.83 bits per heavy atom. The lowest BCUT2D eigenvalue weighted by molar-refractivity contribution is -0.140. The standard InChI is InChI=1S/C30H35NO5/c1-6-14-35-24-13-12-21(15-25(24)34-5)27-26(29(33)36-18-20-10-8-7-9-11-20)19(2)31-22-16-30(3,4)17-23(32)28(22)27/h7-13,15,27,31H,6,14,16-18H2,1-5H3/t27-/m0/s1. The maximum atomic E-state index is 13.5.